The van der Waals surface area contributed by atoms with E-state index in [4.69, 9.17) is 0 Å². The fourth-order valence-electron chi connectivity index (χ4n) is 2.72. The molecule has 0 fully saturated rings. The van der Waals surface area contributed by atoms with Gasteiger partial charge in [-0.05, 0) is 70.2 Å². The Bertz CT molecular complexity index is 625. The standard InChI is InChI=1S/C18H21BrFN/c1-4-12-6-7-14(10-13(12)5-2)18(21-3)15-8-9-17(20)16(19)11-15/h6-11,18,21H,4-5H2,1-3H3. The Hall–Kier alpha value is -1.19. The van der Waals surface area contributed by atoms with Crippen LogP contribution in [0.3, 0.4) is 0 Å². The van der Waals surface area contributed by atoms with Crippen molar-refractivity contribution in [3.63, 3.8) is 0 Å². The van der Waals surface area contributed by atoms with E-state index in [1.165, 1.54) is 22.8 Å². The molecule has 2 rings (SSSR count). The van der Waals surface area contributed by atoms with Crippen molar-refractivity contribution in [3.8, 4) is 0 Å². The van der Waals surface area contributed by atoms with Crippen LogP contribution in [0.2, 0.25) is 0 Å². The van der Waals surface area contributed by atoms with Gasteiger partial charge < -0.3 is 5.32 Å². The monoisotopic (exact) mass is 349 g/mol. The molecule has 1 atom stereocenters. The van der Waals surface area contributed by atoms with Gasteiger partial charge in [0.25, 0.3) is 0 Å². The second-order valence-corrected chi connectivity index (χ2v) is 5.98. The van der Waals surface area contributed by atoms with Gasteiger partial charge in [-0.2, -0.15) is 0 Å². The summed E-state index contributed by atoms with van der Waals surface area (Å²) < 4.78 is 13.9. The van der Waals surface area contributed by atoms with Gasteiger partial charge in [0.2, 0.25) is 0 Å². The van der Waals surface area contributed by atoms with Gasteiger partial charge in [0.1, 0.15) is 5.82 Å². The Balaban J connectivity index is 2.43. The molecule has 0 amide bonds. The summed E-state index contributed by atoms with van der Waals surface area (Å²) in [6.45, 7) is 4.36. The second kappa shape index (κ2) is 7.19. The first-order chi connectivity index (χ1) is 10.1. The largest absolute Gasteiger partial charge is 0.309 e. The van der Waals surface area contributed by atoms with Crippen LogP contribution in [0.5, 0.6) is 0 Å². The smallest absolute Gasteiger partial charge is 0.137 e. The highest BCUT2D eigenvalue weighted by atomic mass is 79.9. The van der Waals surface area contributed by atoms with E-state index < -0.39 is 0 Å². The molecule has 1 N–H and O–H groups in total. The first-order valence-corrected chi connectivity index (χ1v) is 8.13. The fourth-order valence-corrected chi connectivity index (χ4v) is 3.11. The van der Waals surface area contributed by atoms with Crippen LogP contribution in [-0.2, 0) is 12.8 Å². The molecule has 0 radical (unpaired) electrons. The minimum atomic E-state index is -0.232. The molecule has 0 heterocycles. The summed E-state index contributed by atoms with van der Waals surface area (Å²) >= 11 is 3.26. The number of hydrogen-bond donors (Lipinski definition) is 1. The fraction of sp³-hybridized carbons (Fsp3) is 0.333. The lowest BCUT2D eigenvalue weighted by Crippen LogP contribution is -2.18. The van der Waals surface area contributed by atoms with Gasteiger partial charge in [-0.1, -0.05) is 38.1 Å². The maximum absolute atomic E-state index is 13.4. The SMILES string of the molecule is CCc1ccc(C(NC)c2ccc(F)c(Br)c2)cc1CC. The van der Waals surface area contributed by atoms with E-state index >= 15 is 0 Å². The molecule has 0 saturated carbocycles. The van der Waals surface area contributed by atoms with Crippen molar-refractivity contribution in [1.29, 1.82) is 0 Å². The van der Waals surface area contributed by atoms with Crippen molar-refractivity contribution in [1.82, 2.24) is 5.32 Å². The van der Waals surface area contributed by atoms with Crippen molar-refractivity contribution < 1.29 is 4.39 Å². The van der Waals surface area contributed by atoms with Gasteiger partial charge >= 0.3 is 0 Å². The van der Waals surface area contributed by atoms with Crippen molar-refractivity contribution in [2.45, 2.75) is 32.7 Å². The average molecular weight is 350 g/mol. The van der Waals surface area contributed by atoms with Gasteiger partial charge in [-0.15, -0.1) is 0 Å². The number of aryl methyl sites for hydroxylation is 2. The summed E-state index contributed by atoms with van der Waals surface area (Å²) in [5.41, 5.74) is 5.05. The average Bonchev–Trinajstić information content (AvgIpc) is 2.51. The Labute approximate surface area is 134 Å². The number of benzene rings is 2. The molecule has 112 valence electrons. The molecule has 3 heteroatoms. The molecule has 0 aliphatic rings. The molecule has 0 saturated heterocycles. The Kier molecular flexibility index (Phi) is 5.54. The van der Waals surface area contributed by atoms with Crippen LogP contribution in [-0.4, -0.2) is 7.05 Å². The molecule has 0 aliphatic heterocycles. The van der Waals surface area contributed by atoms with E-state index in [-0.39, 0.29) is 11.9 Å². The highest BCUT2D eigenvalue weighted by molar-refractivity contribution is 9.10. The normalized spacial score (nSPS) is 12.4. The molecule has 2 aromatic carbocycles. The van der Waals surface area contributed by atoms with Crippen molar-refractivity contribution in [2.24, 2.45) is 0 Å². The summed E-state index contributed by atoms with van der Waals surface area (Å²) in [6, 6.07) is 11.9. The van der Waals surface area contributed by atoms with Crippen LogP contribution in [0.4, 0.5) is 4.39 Å². The quantitative estimate of drug-likeness (QED) is 0.798. The van der Waals surface area contributed by atoms with Crippen molar-refractivity contribution in [2.75, 3.05) is 7.05 Å². The molecule has 0 spiro atoms. The summed E-state index contributed by atoms with van der Waals surface area (Å²) in [4.78, 5) is 0. The van der Waals surface area contributed by atoms with Gasteiger partial charge in [0.15, 0.2) is 0 Å². The molecular weight excluding hydrogens is 329 g/mol. The molecule has 1 nitrogen and oxygen atoms in total. The maximum Gasteiger partial charge on any atom is 0.137 e. The highest BCUT2D eigenvalue weighted by Crippen LogP contribution is 2.27. The van der Waals surface area contributed by atoms with Crippen LogP contribution in [0.1, 0.15) is 42.1 Å². The number of rotatable bonds is 5. The third-order valence-electron chi connectivity index (χ3n) is 3.89. The summed E-state index contributed by atoms with van der Waals surface area (Å²) in [6.07, 6.45) is 2.08. The molecule has 0 bridgehead atoms. The Morgan fingerprint density at radius 2 is 1.62 bits per heavy atom. The lowest BCUT2D eigenvalue weighted by Gasteiger charge is -2.19. The third kappa shape index (κ3) is 3.53. The lowest BCUT2D eigenvalue weighted by molar-refractivity contribution is 0.616. The number of nitrogens with one attached hydrogen (secondary N) is 1. The van der Waals surface area contributed by atoms with Crippen LogP contribution in [0.15, 0.2) is 40.9 Å². The zero-order valence-corrected chi connectivity index (χ0v) is 14.3. The van der Waals surface area contributed by atoms with E-state index in [1.807, 2.05) is 19.2 Å². The van der Waals surface area contributed by atoms with Gasteiger partial charge in [0, 0.05) is 0 Å². The molecule has 0 aliphatic carbocycles. The van der Waals surface area contributed by atoms with Crippen LogP contribution in [0, 0.1) is 5.82 Å². The lowest BCUT2D eigenvalue weighted by atomic mass is 9.93. The summed E-state index contributed by atoms with van der Waals surface area (Å²) in [5, 5.41) is 3.33. The Morgan fingerprint density at radius 3 is 2.19 bits per heavy atom. The van der Waals surface area contributed by atoms with E-state index in [0.29, 0.717) is 4.47 Å². The topological polar surface area (TPSA) is 12.0 Å². The molecule has 0 aromatic heterocycles. The molecular formula is C18H21BrFN. The van der Waals surface area contributed by atoms with Crippen LogP contribution < -0.4 is 5.32 Å². The second-order valence-electron chi connectivity index (χ2n) is 5.13. The Morgan fingerprint density at radius 1 is 1.00 bits per heavy atom. The summed E-state index contributed by atoms with van der Waals surface area (Å²) in [5.74, 6) is -0.232. The minimum Gasteiger partial charge on any atom is -0.309 e. The van der Waals surface area contributed by atoms with Gasteiger partial charge in [-0.3, -0.25) is 0 Å². The third-order valence-corrected chi connectivity index (χ3v) is 4.50. The molecule has 21 heavy (non-hydrogen) atoms. The zero-order chi connectivity index (χ0) is 15.4. The van der Waals surface area contributed by atoms with E-state index in [2.05, 4.69) is 53.3 Å². The summed E-state index contributed by atoms with van der Waals surface area (Å²) in [7, 11) is 1.93. The zero-order valence-electron chi connectivity index (χ0n) is 12.7. The van der Waals surface area contributed by atoms with E-state index in [1.54, 1.807) is 0 Å². The van der Waals surface area contributed by atoms with Crippen LogP contribution >= 0.6 is 15.9 Å². The molecule has 2 aromatic rings. The van der Waals surface area contributed by atoms with Gasteiger partial charge in [0.05, 0.1) is 10.5 Å². The van der Waals surface area contributed by atoms with Crippen molar-refractivity contribution in [3.05, 3.63) is 68.9 Å². The first-order valence-electron chi connectivity index (χ1n) is 7.34. The molecule has 1 unspecified atom stereocenters. The van der Waals surface area contributed by atoms with Crippen molar-refractivity contribution >= 4 is 15.9 Å². The van der Waals surface area contributed by atoms with Gasteiger partial charge in [-0.25, -0.2) is 4.39 Å². The van der Waals surface area contributed by atoms with Crippen LogP contribution in [0.25, 0.3) is 0 Å². The number of hydrogen-bond acceptors (Lipinski definition) is 1. The van der Waals surface area contributed by atoms with E-state index in [9.17, 15) is 4.39 Å². The van der Waals surface area contributed by atoms with E-state index in [0.717, 1.165) is 18.4 Å². The first kappa shape index (κ1) is 16.2. The minimum absolute atomic E-state index is 0.0677. The maximum atomic E-state index is 13.4. The predicted octanol–water partition coefficient (Wildman–Crippen LogP) is 5.02. The number of halogens is 2. The highest BCUT2D eigenvalue weighted by Gasteiger charge is 2.14. The predicted molar refractivity (Wildman–Crippen MR) is 90.2 cm³/mol.